The molecule has 4 saturated heterocycles. The summed E-state index contributed by atoms with van der Waals surface area (Å²) in [7, 11) is 0. The minimum atomic E-state index is -3.26. The van der Waals surface area contributed by atoms with Crippen LogP contribution in [0.3, 0.4) is 0 Å². The van der Waals surface area contributed by atoms with Gasteiger partial charge in [-0.1, -0.05) is 0 Å². The topological polar surface area (TPSA) is 479 Å². The minimum absolute atomic E-state index is 0. The van der Waals surface area contributed by atoms with Crippen molar-refractivity contribution in [1.29, 1.82) is 0 Å². The number of hydrogen-bond acceptors (Lipinski definition) is 30. The molecule has 0 unspecified atom stereocenters. The Labute approximate surface area is 469 Å². The number of hydroxylamine groups is 1. The van der Waals surface area contributed by atoms with E-state index in [0.717, 1.165) is 13.8 Å². The van der Waals surface area contributed by atoms with Crippen molar-refractivity contribution in [2.24, 2.45) is 0 Å². The van der Waals surface area contributed by atoms with E-state index >= 15 is 0 Å². The van der Waals surface area contributed by atoms with Crippen LogP contribution in [0, 0.1) is 0 Å². The number of ether oxygens (including phenoxy) is 13. The van der Waals surface area contributed by atoms with E-state index in [2.05, 4.69) is 10.6 Å². The predicted molar refractivity (Wildman–Crippen MR) is 243 cm³/mol. The molecule has 4 aliphatic rings. The van der Waals surface area contributed by atoms with Gasteiger partial charge in [-0.05, 0) is 6.92 Å². The average Bonchev–Trinajstić information content (AvgIpc) is 3.50. The molecule has 3 amide bonds. The van der Waals surface area contributed by atoms with E-state index in [1.54, 1.807) is 0 Å². The van der Waals surface area contributed by atoms with Crippen LogP contribution in [0.1, 0.15) is 27.2 Å². The molecular weight excluding hydrogens is 1070 g/mol. The molecule has 0 bridgehead atoms. The van der Waals surface area contributed by atoms with Gasteiger partial charge in [0.1, 0.15) is 91.4 Å². The number of carbonyl (C=O) groups is 4. The summed E-state index contributed by atoms with van der Waals surface area (Å²) < 4.78 is 74.3. The van der Waals surface area contributed by atoms with E-state index in [4.69, 9.17) is 66.4 Å². The number of carbonyl (C=O) groups excluding carboxylic acids is 4. The van der Waals surface area contributed by atoms with Crippen molar-refractivity contribution in [3.05, 3.63) is 0 Å². The SMILES string of the molecule is CC(=O)N[C@H]1[C@H](OCCOCCOCCOCCOCCOCCONC=O)O[C@H](CO)[C@@H](O[C@@H]2O[C@H](CO)[C@H](O)[C@H](O[C@@]3(C(=O)[O-])C[C@H](O)[C@@H](NC(C)=O)[C@H]([C@H](O)[C@H](O)CO)O3)[C@H]2O)[C@@H]1O[C@@H]1O[C@@H](C)[C@@H](O)[C@@H](O)[C@@H]1O.[Na+]. The summed E-state index contributed by atoms with van der Waals surface area (Å²) in [6.07, 6.45) is -35.1. The second kappa shape index (κ2) is 35.8. The zero-order valence-electron chi connectivity index (χ0n) is 43.6. The van der Waals surface area contributed by atoms with E-state index in [1.165, 1.54) is 6.92 Å². The predicted octanol–water partition coefficient (Wildman–Crippen LogP) is -13.8. The Kier molecular flexibility index (Phi) is 32.2. The first kappa shape index (κ1) is 70.1. The van der Waals surface area contributed by atoms with Gasteiger partial charge >= 0.3 is 29.6 Å². The number of amides is 3. The number of aliphatic hydroxyl groups excluding tert-OH is 11. The Balaban J connectivity index is 0.0000160. The first-order valence-electron chi connectivity index (χ1n) is 24.7. The van der Waals surface area contributed by atoms with Crippen LogP contribution < -0.4 is 50.8 Å². The van der Waals surface area contributed by atoms with Crippen LogP contribution in [0.25, 0.3) is 0 Å². The molecule has 0 aromatic rings. The van der Waals surface area contributed by atoms with Gasteiger partial charge in [-0.3, -0.25) is 19.2 Å². The fourth-order valence-electron chi connectivity index (χ4n) is 8.51. The number of nitrogens with one attached hydrogen (secondary N) is 3. The molecule has 0 aromatic heterocycles. The molecule has 0 spiro atoms. The first-order chi connectivity index (χ1) is 36.7. The molecule has 0 radical (unpaired) electrons. The van der Waals surface area contributed by atoms with Crippen LogP contribution in [0.5, 0.6) is 0 Å². The molecule has 21 atom stereocenters. The van der Waals surface area contributed by atoms with Crippen molar-refractivity contribution in [2.75, 3.05) is 99.1 Å². The maximum atomic E-state index is 13.0. The molecule has 4 aliphatic heterocycles. The van der Waals surface area contributed by atoms with Crippen LogP contribution >= 0.6 is 0 Å². The van der Waals surface area contributed by atoms with Crippen molar-refractivity contribution >= 4 is 24.2 Å². The van der Waals surface area contributed by atoms with Crippen molar-refractivity contribution in [2.45, 2.75) is 155 Å². The Hall–Kier alpha value is -2.12. The number of rotatable bonds is 35. The fourth-order valence-corrected chi connectivity index (χ4v) is 8.51. The van der Waals surface area contributed by atoms with Gasteiger partial charge < -0.3 is 138 Å². The second-order valence-electron chi connectivity index (χ2n) is 18.0. The van der Waals surface area contributed by atoms with Crippen LogP contribution in [-0.4, -0.2) is 308 Å². The number of hydrogen-bond donors (Lipinski definition) is 14. The molecule has 0 aliphatic carbocycles. The van der Waals surface area contributed by atoms with Gasteiger partial charge in [0.05, 0.1) is 117 Å². The Morgan fingerprint density at radius 1 is 0.641 bits per heavy atom. The zero-order valence-corrected chi connectivity index (χ0v) is 45.6. The molecule has 4 heterocycles. The maximum absolute atomic E-state index is 13.0. The van der Waals surface area contributed by atoms with Gasteiger partial charge in [-0.15, -0.1) is 0 Å². The second-order valence-corrected chi connectivity index (χ2v) is 18.0. The van der Waals surface area contributed by atoms with E-state index in [-0.39, 0.29) is 82.4 Å². The third-order valence-corrected chi connectivity index (χ3v) is 12.4. The Morgan fingerprint density at radius 2 is 1.14 bits per heavy atom. The summed E-state index contributed by atoms with van der Waals surface area (Å²) in [4.78, 5) is 52.7. The standard InChI is InChI=1S/C44H77N3O30.Na/c1-21-30(56)33(59)34(60)41(71-21)75-38-29(47-23(3)53)40(69-14-12-67-10-8-65-6-4-64-5-7-66-9-11-68-13-15-70-45-20-51)73-27(19-50)36(38)74-42-35(61)39(32(58)26(18-49)72-42)77-44(43(62)63)16-24(54)28(46-22(2)52)37(76-44)31(57)25(55)17-48;/h20-21,24-42,48-50,54-61H,4-19H2,1-3H3,(H,45,51)(H,46,52)(H,47,53)(H,62,63);/q;+1/p-1/t21-,24-,25+,26+,27+,28+,29+,30+,31+,32-,33+,34-,35+,36+,37+,38+,39-,40+,41-,42-,44+;/m0./s1. The number of aliphatic carboxylic acids is 1. The third-order valence-electron chi connectivity index (χ3n) is 12.4. The molecule has 4 rings (SSSR count). The minimum Gasteiger partial charge on any atom is -0.544 e. The van der Waals surface area contributed by atoms with Crippen molar-refractivity contribution in [3.63, 3.8) is 0 Å². The number of carboxylic acids is 1. The monoisotopic (exact) mass is 1150 g/mol. The molecule has 4 fully saturated rings. The molecule has 33 nitrogen and oxygen atoms in total. The molecule has 78 heavy (non-hydrogen) atoms. The van der Waals surface area contributed by atoms with E-state index in [0.29, 0.717) is 32.8 Å². The largest absolute Gasteiger partial charge is 1.00 e. The maximum Gasteiger partial charge on any atom is 1.00 e. The van der Waals surface area contributed by atoms with E-state index < -0.39 is 172 Å². The Morgan fingerprint density at radius 3 is 1.65 bits per heavy atom. The van der Waals surface area contributed by atoms with Crippen LogP contribution in [-0.2, 0) is 85.6 Å². The fraction of sp³-hybridized carbons (Fsp3) is 0.909. The summed E-state index contributed by atoms with van der Waals surface area (Å²) >= 11 is 0. The number of carboxylic acid groups (broad SMARTS) is 1. The Bertz CT molecular complexity index is 1740. The first-order valence-corrected chi connectivity index (χ1v) is 24.7. The molecular formula is C44H76N3NaO30. The van der Waals surface area contributed by atoms with Crippen molar-refractivity contribution < 1.29 is 176 Å². The van der Waals surface area contributed by atoms with Gasteiger partial charge in [0.15, 0.2) is 18.9 Å². The van der Waals surface area contributed by atoms with Crippen LogP contribution in [0.4, 0.5) is 0 Å². The quantitative estimate of drug-likeness (QED) is 0.0121. The smallest absolute Gasteiger partial charge is 0.544 e. The average molecular weight is 1150 g/mol. The van der Waals surface area contributed by atoms with Gasteiger partial charge in [-0.25, -0.2) is 5.48 Å². The molecule has 0 aromatic carbocycles. The zero-order chi connectivity index (χ0) is 56.8. The van der Waals surface area contributed by atoms with E-state index in [9.17, 15) is 80.5 Å². The van der Waals surface area contributed by atoms with E-state index in [1.807, 2.05) is 5.48 Å². The summed E-state index contributed by atoms with van der Waals surface area (Å²) in [5.41, 5.74) is 2.04. The van der Waals surface area contributed by atoms with Gasteiger partial charge in [0.25, 0.3) is 0 Å². The summed E-state index contributed by atoms with van der Waals surface area (Å²) in [6, 6.07) is -3.17. The van der Waals surface area contributed by atoms with Crippen molar-refractivity contribution in [3.8, 4) is 0 Å². The van der Waals surface area contributed by atoms with Crippen LogP contribution in [0.15, 0.2) is 0 Å². The molecule has 34 heteroatoms. The normalized spacial score (nSPS) is 35.9. The molecule has 448 valence electrons. The summed E-state index contributed by atoms with van der Waals surface area (Å²) in [6.45, 7) is 2.42. The van der Waals surface area contributed by atoms with Gasteiger partial charge in [-0.2, -0.15) is 0 Å². The van der Waals surface area contributed by atoms with Crippen LogP contribution in [0.2, 0.25) is 0 Å². The molecule has 0 saturated carbocycles. The van der Waals surface area contributed by atoms with Gasteiger partial charge in [0.2, 0.25) is 24.0 Å². The van der Waals surface area contributed by atoms with Crippen molar-refractivity contribution in [1.82, 2.24) is 16.1 Å². The molecule has 14 N–H and O–H groups in total. The summed E-state index contributed by atoms with van der Waals surface area (Å²) in [5.74, 6) is -7.08. The van der Waals surface area contributed by atoms with Gasteiger partial charge in [0, 0.05) is 20.3 Å². The number of aliphatic hydroxyl groups is 11. The third kappa shape index (κ3) is 20.3. The summed E-state index contributed by atoms with van der Waals surface area (Å²) in [5, 5.41) is 136.